The molecule has 1 aromatic rings. The summed E-state index contributed by atoms with van der Waals surface area (Å²) in [4.78, 5) is 12.2. The minimum Gasteiger partial charge on any atom is -0.364 e. The maximum atomic E-state index is 13.7. The van der Waals surface area contributed by atoms with E-state index in [9.17, 15) is 13.6 Å². The van der Waals surface area contributed by atoms with Crippen LogP contribution in [0.25, 0.3) is 0 Å². The predicted molar refractivity (Wildman–Crippen MR) is 57.8 cm³/mol. The minimum absolute atomic E-state index is 0.00407. The van der Waals surface area contributed by atoms with Crippen molar-refractivity contribution in [3.63, 3.8) is 0 Å². The van der Waals surface area contributed by atoms with Crippen LogP contribution in [0, 0.1) is 11.6 Å². The molecular weight excluding hydrogens is 212 g/mol. The highest BCUT2D eigenvalue weighted by Gasteiger charge is 2.26. The highest BCUT2D eigenvalue weighted by atomic mass is 19.1. The molecule has 0 bridgehead atoms. The van der Waals surface area contributed by atoms with Gasteiger partial charge in [0.15, 0.2) is 0 Å². The van der Waals surface area contributed by atoms with E-state index in [2.05, 4.69) is 0 Å². The van der Waals surface area contributed by atoms with Crippen LogP contribution < -0.4 is 4.90 Å². The van der Waals surface area contributed by atoms with Gasteiger partial charge in [0.25, 0.3) is 0 Å². The second-order valence-corrected chi connectivity index (χ2v) is 4.14. The third-order valence-corrected chi connectivity index (χ3v) is 3.02. The first-order valence-electron chi connectivity index (χ1n) is 5.34. The van der Waals surface area contributed by atoms with Gasteiger partial charge < -0.3 is 4.90 Å². The van der Waals surface area contributed by atoms with Crippen LogP contribution in [-0.2, 0) is 0 Å². The molecule has 0 spiro atoms. The number of rotatable bonds is 2. The number of carbonyl (C=O) groups is 1. The van der Waals surface area contributed by atoms with Gasteiger partial charge in [-0.3, -0.25) is 4.79 Å². The van der Waals surface area contributed by atoms with Crippen LogP contribution in [0.3, 0.4) is 0 Å². The van der Waals surface area contributed by atoms with E-state index in [0.29, 0.717) is 12.8 Å². The summed E-state index contributed by atoms with van der Waals surface area (Å²) in [5.41, 5.74) is 0.0289. The SMILES string of the molecule is CC1CCCN1c1c(F)cc(C=O)cc1F. The van der Waals surface area contributed by atoms with E-state index >= 15 is 0 Å². The van der Waals surface area contributed by atoms with E-state index in [1.165, 1.54) is 0 Å². The second-order valence-electron chi connectivity index (χ2n) is 4.14. The molecule has 1 aliphatic heterocycles. The fraction of sp³-hybridized carbons (Fsp3) is 0.417. The molecule has 0 radical (unpaired) electrons. The lowest BCUT2D eigenvalue weighted by atomic mass is 10.1. The summed E-state index contributed by atoms with van der Waals surface area (Å²) in [7, 11) is 0. The number of benzene rings is 1. The van der Waals surface area contributed by atoms with Crippen LogP contribution in [0.1, 0.15) is 30.1 Å². The summed E-state index contributed by atoms with van der Waals surface area (Å²) >= 11 is 0. The summed E-state index contributed by atoms with van der Waals surface area (Å²) in [5.74, 6) is -1.31. The first-order chi connectivity index (χ1) is 7.63. The Kier molecular flexibility index (Phi) is 2.90. The Labute approximate surface area is 92.9 Å². The van der Waals surface area contributed by atoms with Crippen molar-refractivity contribution in [2.24, 2.45) is 0 Å². The lowest BCUT2D eigenvalue weighted by Gasteiger charge is -2.24. The average molecular weight is 225 g/mol. The van der Waals surface area contributed by atoms with Crippen molar-refractivity contribution in [1.29, 1.82) is 0 Å². The lowest BCUT2D eigenvalue weighted by Crippen LogP contribution is -2.28. The zero-order valence-corrected chi connectivity index (χ0v) is 9.04. The quantitative estimate of drug-likeness (QED) is 0.721. The van der Waals surface area contributed by atoms with Gasteiger partial charge in [-0.1, -0.05) is 0 Å². The zero-order valence-electron chi connectivity index (χ0n) is 9.04. The van der Waals surface area contributed by atoms with Gasteiger partial charge in [0.1, 0.15) is 23.6 Å². The third kappa shape index (κ3) is 1.79. The van der Waals surface area contributed by atoms with Crippen LogP contribution in [0.15, 0.2) is 12.1 Å². The van der Waals surface area contributed by atoms with Gasteiger partial charge in [0.05, 0.1) is 0 Å². The second kappa shape index (κ2) is 4.20. The fourth-order valence-electron chi connectivity index (χ4n) is 2.19. The molecule has 4 heteroatoms. The highest BCUT2D eigenvalue weighted by Crippen LogP contribution is 2.30. The maximum absolute atomic E-state index is 13.7. The number of halogens is 2. The molecule has 1 fully saturated rings. The van der Waals surface area contributed by atoms with Crippen molar-refractivity contribution in [2.45, 2.75) is 25.8 Å². The molecule has 86 valence electrons. The van der Waals surface area contributed by atoms with Gasteiger partial charge in [-0.2, -0.15) is 0 Å². The highest BCUT2D eigenvalue weighted by molar-refractivity contribution is 5.76. The van der Waals surface area contributed by atoms with Crippen LogP contribution >= 0.6 is 0 Å². The van der Waals surface area contributed by atoms with Gasteiger partial charge in [-0.15, -0.1) is 0 Å². The Morgan fingerprint density at radius 3 is 2.44 bits per heavy atom. The van der Waals surface area contributed by atoms with Gasteiger partial charge in [0.2, 0.25) is 0 Å². The maximum Gasteiger partial charge on any atom is 0.150 e. The fourth-order valence-corrected chi connectivity index (χ4v) is 2.19. The van der Waals surface area contributed by atoms with Crippen LogP contribution in [0.5, 0.6) is 0 Å². The number of aldehydes is 1. The zero-order chi connectivity index (χ0) is 11.7. The monoisotopic (exact) mass is 225 g/mol. The number of hydrogen-bond donors (Lipinski definition) is 0. The number of carbonyl (C=O) groups excluding carboxylic acids is 1. The Morgan fingerprint density at radius 2 is 2.00 bits per heavy atom. The van der Waals surface area contributed by atoms with E-state index in [0.717, 1.165) is 25.0 Å². The van der Waals surface area contributed by atoms with Gasteiger partial charge in [0, 0.05) is 18.2 Å². The summed E-state index contributed by atoms with van der Waals surface area (Å²) < 4.78 is 27.4. The van der Waals surface area contributed by atoms with Crippen LogP contribution in [-0.4, -0.2) is 18.9 Å². The predicted octanol–water partition coefficient (Wildman–Crippen LogP) is 2.77. The van der Waals surface area contributed by atoms with Gasteiger partial charge in [-0.05, 0) is 31.9 Å². The minimum atomic E-state index is -0.657. The molecule has 1 heterocycles. The number of anilines is 1. The molecule has 1 atom stereocenters. The van der Waals surface area contributed by atoms with E-state index in [1.807, 2.05) is 6.92 Å². The first-order valence-corrected chi connectivity index (χ1v) is 5.34. The van der Waals surface area contributed by atoms with E-state index in [4.69, 9.17) is 0 Å². The molecule has 16 heavy (non-hydrogen) atoms. The molecule has 1 saturated heterocycles. The van der Waals surface area contributed by atoms with Crippen molar-refractivity contribution in [1.82, 2.24) is 0 Å². The topological polar surface area (TPSA) is 20.3 Å². The summed E-state index contributed by atoms with van der Waals surface area (Å²) in [6.07, 6.45) is 2.33. The van der Waals surface area contributed by atoms with Gasteiger partial charge in [-0.25, -0.2) is 8.78 Å². The Hall–Kier alpha value is -1.45. The summed E-state index contributed by atoms with van der Waals surface area (Å²) in [6, 6.07) is 2.30. The van der Waals surface area contributed by atoms with Crippen molar-refractivity contribution in [3.8, 4) is 0 Å². The third-order valence-electron chi connectivity index (χ3n) is 3.02. The van der Waals surface area contributed by atoms with Crippen molar-refractivity contribution in [3.05, 3.63) is 29.3 Å². The van der Waals surface area contributed by atoms with Crippen LogP contribution in [0.4, 0.5) is 14.5 Å². The van der Waals surface area contributed by atoms with E-state index in [-0.39, 0.29) is 17.3 Å². The molecular formula is C12H13F2NO. The van der Waals surface area contributed by atoms with E-state index < -0.39 is 11.6 Å². The molecule has 1 unspecified atom stereocenters. The average Bonchev–Trinajstić information content (AvgIpc) is 2.64. The molecule has 2 rings (SSSR count). The molecule has 0 N–H and O–H groups in total. The van der Waals surface area contributed by atoms with Crippen molar-refractivity contribution in [2.75, 3.05) is 11.4 Å². The smallest absolute Gasteiger partial charge is 0.150 e. The van der Waals surface area contributed by atoms with Crippen LogP contribution in [0.2, 0.25) is 0 Å². The van der Waals surface area contributed by atoms with E-state index in [1.54, 1.807) is 4.90 Å². The summed E-state index contributed by atoms with van der Waals surface area (Å²) in [6.45, 7) is 2.61. The molecule has 2 nitrogen and oxygen atoms in total. The van der Waals surface area contributed by atoms with Crippen molar-refractivity contribution >= 4 is 12.0 Å². The Bertz CT molecular complexity index is 396. The molecule has 1 aliphatic rings. The number of nitrogens with zero attached hydrogens (tertiary/aromatic N) is 1. The first kappa shape index (κ1) is 11.0. The molecule has 0 aliphatic carbocycles. The molecule has 0 saturated carbocycles. The van der Waals surface area contributed by atoms with Gasteiger partial charge >= 0.3 is 0 Å². The lowest BCUT2D eigenvalue weighted by molar-refractivity contribution is 0.112. The molecule has 1 aromatic carbocycles. The Balaban J connectivity index is 2.44. The standard InChI is InChI=1S/C12H13F2NO/c1-8-3-2-4-15(8)12-10(13)5-9(7-16)6-11(12)14/h5-8H,2-4H2,1H3. The largest absolute Gasteiger partial charge is 0.364 e. The normalized spacial score (nSPS) is 20.2. The summed E-state index contributed by atoms with van der Waals surface area (Å²) in [5, 5.41) is 0. The number of hydrogen-bond acceptors (Lipinski definition) is 2. The molecule has 0 aromatic heterocycles. The van der Waals surface area contributed by atoms with Crippen molar-refractivity contribution < 1.29 is 13.6 Å². The Morgan fingerprint density at radius 1 is 1.38 bits per heavy atom. The molecule has 0 amide bonds.